The van der Waals surface area contributed by atoms with Crippen LogP contribution in [-0.2, 0) is 4.79 Å². The molecular formula is C12H26N2O3. The van der Waals surface area contributed by atoms with Crippen LogP contribution < -0.4 is 11.1 Å². The molecule has 17 heavy (non-hydrogen) atoms. The quantitative estimate of drug-likeness (QED) is 0.485. The highest BCUT2D eigenvalue weighted by molar-refractivity contribution is 5.78. The monoisotopic (exact) mass is 246 g/mol. The molecule has 0 saturated heterocycles. The maximum absolute atomic E-state index is 11.6. The highest BCUT2D eigenvalue weighted by atomic mass is 16.3. The van der Waals surface area contributed by atoms with Gasteiger partial charge in [-0.2, -0.15) is 0 Å². The largest absolute Gasteiger partial charge is 0.393 e. The second-order valence-electron chi connectivity index (χ2n) is 5.18. The zero-order chi connectivity index (χ0) is 13.5. The lowest BCUT2D eigenvalue weighted by Crippen LogP contribution is -2.44. The van der Waals surface area contributed by atoms with Crippen molar-refractivity contribution in [2.45, 2.75) is 51.7 Å². The predicted octanol–water partition coefficient (Wildman–Crippen LogP) is -0.000500. The minimum absolute atomic E-state index is 0.0694. The topological polar surface area (TPSA) is 95.6 Å². The van der Waals surface area contributed by atoms with Gasteiger partial charge in [-0.25, -0.2) is 0 Å². The molecule has 0 aromatic rings. The van der Waals surface area contributed by atoms with Crippen LogP contribution >= 0.6 is 0 Å². The van der Waals surface area contributed by atoms with Gasteiger partial charge in [-0.3, -0.25) is 4.79 Å². The van der Waals surface area contributed by atoms with Crippen LogP contribution in [0.2, 0.25) is 0 Å². The van der Waals surface area contributed by atoms with E-state index in [1.54, 1.807) is 0 Å². The SMILES string of the molecule is CC(N)CCCC(C)C(=O)NCC(C)(O)CO. The molecule has 0 aromatic heterocycles. The summed E-state index contributed by atoms with van der Waals surface area (Å²) < 4.78 is 0. The lowest BCUT2D eigenvalue weighted by atomic mass is 10.0. The molecule has 0 aromatic carbocycles. The van der Waals surface area contributed by atoms with Gasteiger partial charge in [0.15, 0.2) is 0 Å². The summed E-state index contributed by atoms with van der Waals surface area (Å²) in [4.78, 5) is 11.6. The van der Waals surface area contributed by atoms with Gasteiger partial charge in [0.1, 0.15) is 5.60 Å². The standard InChI is InChI=1S/C12H26N2O3/c1-9(5-4-6-10(2)13)11(16)14-7-12(3,17)8-15/h9-10,15,17H,4-8,13H2,1-3H3,(H,14,16). The van der Waals surface area contributed by atoms with Crippen LogP contribution in [0.15, 0.2) is 0 Å². The van der Waals surface area contributed by atoms with Crippen LogP contribution in [0.4, 0.5) is 0 Å². The molecule has 3 unspecified atom stereocenters. The van der Waals surface area contributed by atoms with Crippen molar-refractivity contribution < 1.29 is 15.0 Å². The first-order chi connectivity index (χ1) is 7.78. The summed E-state index contributed by atoms with van der Waals surface area (Å²) in [6.45, 7) is 4.98. The maximum Gasteiger partial charge on any atom is 0.222 e. The van der Waals surface area contributed by atoms with Gasteiger partial charge < -0.3 is 21.3 Å². The van der Waals surface area contributed by atoms with Crippen molar-refractivity contribution in [3.8, 4) is 0 Å². The van der Waals surface area contributed by atoms with E-state index in [1.165, 1.54) is 6.92 Å². The lowest BCUT2D eigenvalue weighted by Gasteiger charge is -2.22. The number of nitrogens with one attached hydrogen (secondary N) is 1. The van der Waals surface area contributed by atoms with Crippen molar-refractivity contribution in [1.82, 2.24) is 5.32 Å². The number of rotatable bonds is 8. The Hall–Kier alpha value is -0.650. The van der Waals surface area contributed by atoms with Crippen molar-refractivity contribution in [1.29, 1.82) is 0 Å². The average Bonchev–Trinajstić information content (AvgIpc) is 2.25. The normalized spacial score (nSPS) is 18.2. The fourth-order valence-corrected chi connectivity index (χ4v) is 1.38. The highest BCUT2D eigenvalue weighted by Gasteiger charge is 2.21. The van der Waals surface area contributed by atoms with E-state index >= 15 is 0 Å². The van der Waals surface area contributed by atoms with Crippen molar-refractivity contribution in [2.75, 3.05) is 13.2 Å². The number of aliphatic hydroxyl groups is 2. The molecule has 0 saturated carbocycles. The van der Waals surface area contributed by atoms with E-state index in [0.29, 0.717) is 0 Å². The Balaban J connectivity index is 3.82. The summed E-state index contributed by atoms with van der Waals surface area (Å²) >= 11 is 0. The molecule has 0 bridgehead atoms. The number of nitrogens with two attached hydrogens (primary N) is 1. The van der Waals surface area contributed by atoms with Crippen LogP contribution in [0.3, 0.4) is 0 Å². The third-order valence-corrected chi connectivity index (χ3v) is 2.73. The Labute approximate surface area is 103 Å². The summed E-state index contributed by atoms with van der Waals surface area (Å²) in [7, 11) is 0. The summed E-state index contributed by atoms with van der Waals surface area (Å²) in [5, 5.41) is 21.0. The molecular weight excluding hydrogens is 220 g/mol. The van der Waals surface area contributed by atoms with Gasteiger partial charge in [0.2, 0.25) is 5.91 Å². The Morgan fingerprint density at radius 2 is 2.00 bits per heavy atom. The molecule has 5 heteroatoms. The Morgan fingerprint density at radius 3 is 2.47 bits per heavy atom. The smallest absolute Gasteiger partial charge is 0.222 e. The molecule has 0 aliphatic rings. The number of carbonyl (C=O) groups excluding carboxylic acids is 1. The van der Waals surface area contributed by atoms with Gasteiger partial charge in [-0.15, -0.1) is 0 Å². The van der Waals surface area contributed by atoms with Crippen LogP contribution in [0.1, 0.15) is 40.0 Å². The molecule has 5 N–H and O–H groups in total. The summed E-state index contributed by atoms with van der Waals surface area (Å²) in [6.07, 6.45) is 2.61. The third-order valence-electron chi connectivity index (χ3n) is 2.73. The maximum atomic E-state index is 11.6. The van der Waals surface area contributed by atoms with E-state index in [2.05, 4.69) is 5.32 Å². The minimum atomic E-state index is -1.25. The number of hydrogen-bond acceptors (Lipinski definition) is 4. The van der Waals surface area contributed by atoms with Gasteiger partial charge in [0.25, 0.3) is 0 Å². The van der Waals surface area contributed by atoms with Crippen molar-refractivity contribution >= 4 is 5.91 Å². The molecule has 0 aliphatic carbocycles. The molecule has 1 amide bonds. The molecule has 0 spiro atoms. The Bertz CT molecular complexity index is 230. The second-order valence-corrected chi connectivity index (χ2v) is 5.18. The number of amides is 1. The van der Waals surface area contributed by atoms with Crippen LogP contribution in [0.25, 0.3) is 0 Å². The summed E-state index contributed by atoms with van der Waals surface area (Å²) in [6, 6.07) is 0.167. The molecule has 0 fully saturated rings. The predicted molar refractivity (Wildman–Crippen MR) is 67.4 cm³/mol. The van der Waals surface area contributed by atoms with E-state index in [4.69, 9.17) is 10.8 Å². The van der Waals surface area contributed by atoms with Gasteiger partial charge in [-0.05, 0) is 26.7 Å². The first kappa shape index (κ1) is 16.4. The molecule has 0 rings (SSSR count). The van der Waals surface area contributed by atoms with Gasteiger partial charge in [0.05, 0.1) is 6.61 Å². The molecule has 0 heterocycles. The highest BCUT2D eigenvalue weighted by Crippen LogP contribution is 2.09. The van der Waals surface area contributed by atoms with E-state index in [-0.39, 0.29) is 31.0 Å². The first-order valence-electron chi connectivity index (χ1n) is 6.15. The Morgan fingerprint density at radius 1 is 1.41 bits per heavy atom. The van der Waals surface area contributed by atoms with Crippen molar-refractivity contribution in [3.05, 3.63) is 0 Å². The van der Waals surface area contributed by atoms with Crippen molar-refractivity contribution in [3.63, 3.8) is 0 Å². The molecule has 102 valence electrons. The molecule has 0 radical (unpaired) electrons. The zero-order valence-electron chi connectivity index (χ0n) is 11.1. The number of carbonyl (C=O) groups is 1. The Kier molecular flexibility index (Phi) is 7.34. The first-order valence-corrected chi connectivity index (χ1v) is 6.15. The summed E-state index contributed by atoms with van der Waals surface area (Å²) in [5.41, 5.74) is 4.38. The van der Waals surface area contributed by atoms with E-state index in [9.17, 15) is 9.90 Å². The second kappa shape index (κ2) is 7.63. The third kappa shape index (κ3) is 8.12. The van der Waals surface area contributed by atoms with Gasteiger partial charge in [-0.1, -0.05) is 13.3 Å². The van der Waals surface area contributed by atoms with Gasteiger partial charge in [0, 0.05) is 18.5 Å². The van der Waals surface area contributed by atoms with Crippen LogP contribution in [0, 0.1) is 5.92 Å². The lowest BCUT2D eigenvalue weighted by molar-refractivity contribution is -0.126. The number of hydrogen-bond donors (Lipinski definition) is 4. The van der Waals surface area contributed by atoms with E-state index < -0.39 is 5.60 Å². The molecule has 5 nitrogen and oxygen atoms in total. The summed E-state index contributed by atoms with van der Waals surface area (Å²) in [5.74, 6) is -0.188. The fourth-order valence-electron chi connectivity index (χ4n) is 1.38. The van der Waals surface area contributed by atoms with Crippen LogP contribution in [-0.4, -0.2) is 40.9 Å². The van der Waals surface area contributed by atoms with Gasteiger partial charge >= 0.3 is 0 Å². The van der Waals surface area contributed by atoms with Crippen molar-refractivity contribution in [2.24, 2.45) is 11.7 Å². The zero-order valence-corrected chi connectivity index (χ0v) is 11.1. The molecule has 3 atom stereocenters. The van der Waals surface area contributed by atoms with E-state index in [1.807, 2.05) is 13.8 Å². The fraction of sp³-hybridized carbons (Fsp3) is 0.917. The van der Waals surface area contributed by atoms with Crippen LogP contribution in [0.5, 0.6) is 0 Å². The number of aliphatic hydroxyl groups excluding tert-OH is 1. The average molecular weight is 246 g/mol. The molecule has 0 aliphatic heterocycles. The minimum Gasteiger partial charge on any atom is -0.393 e. The van der Waals surface area contributed by atoms with E-state index in [0.717, 1.165) is 19.3 Å².